The molecule has 0 unspecified atom stereocenters. The Morgan fingerprint density at radius 2 is 1.87 bits per heavy atom. The summed E-state index contributed by atoms with van der Waals surface area (Å²) in [5.41, 5.74) is 6.23. The van der Waals surface area contributed by atoms with E-state index in [1.54, 1.807) is 27.9 Å². The lowest BCUT2D eigenvalue weighted by Gasteiger charge is -2.31. The van der Waals surface area contributed by atoms with Crippen LogP contribution < -0.4 is 4.73 Å². The molecule has 0 radical (unpaired) electrons. The van der Waals surface area contributed by atoms with Crippen molar-refractivity contribution in [2.24, 2.45) is 0 Å². The third-order valence-corrected chi connectivity index (χ3v) is 8.81. The van der Waals surface area contributed by atoms with E-state index in [0.29, 0.717) is 35.1 Å². The predicted octanol–water partition coefficient (Wildman–Crippen LogP) is 6.67. The molecule has 5 aromatic rings. The molecule has 1 fully saturated rings. The highest BCUT2D eigenvalue weighted by atomic mass is 35.5. The van der Waals surface area contributed by atoms with E-state index in [1.165, 1.54) is 17.5 Å². The molecule has 46 heavy (non-hydrogen) atoms. The highest BCUT2D eigenvalue weighted by molar-refractivity contribution is 6.31. The minimum absolute atomic E-state index is 0.166. The van der Waals surface area contributed by atoms with Gasteiger partial charge in [0.05, 0.1) is 11.6 Å². The van der Waals surface area contributed by atoms with Gasteiger partial charge in [0, 0.05) is 35.3 Å². The number of nitrogens with zero attached hydrogens (tertiary/aromatic N) is 6. The zero-order chi connectivity index (χ0) is 31.9. The summed E-state index contributed by atoms with van der Waals surface area (Å²) in [6.07, 6.45) is 5.73. The molecule has 0 aliphatic carbocycles. The number of amides is 1. The summed E-state index contributed by atoms with van der Waals surface area (Å²) < 4.78 is 19.9. The number of aryl methyl sites for hydroxylation is 1. The summed E-state index contributed by atoms with van der Waals surface area (Å²) in [5.74, 6) is 0.0926. The van der Waals surface area contributed by atoms with E-state index < -0.39 is 12.8 Å². The van der Waals surface area contributed by atoms with Gasteiger partial charge in [0.25, 0.3) is 0 Å². The molecular weight excluding hydrogens is 607 g/mol. The van der Waals surface area contributed by atoms with E-state index in [9.17, 15) is 14.4 Å². The number of tetrazole rings is 1. The van der Waals surface area contributed by atoms with E-state index in [2.05, 4.69) is 51.9 Å². The smallest absolute Gasteiger partial charge is 0.409 e. The number of hydrogen-bond donors (Lipinski definition) is 0. The second-order valence-corrected chi connectivity index (χ2v) is 11.8. The minimum Gasteiger partial charge on any atom is -0.618 e. The average molecular weight is 641 g/mol. The van der Waals surface area contributed by atoms with Gasteiger partial charge in [-0.2, -0.15) is 9.41 Å². The first kappa shape index (κ1) is 31.2. The number of hydrogen-bond acceptors (Lipinski definition) is 6. The second-order valence-electron chi connectivity index (χ2n) is 11.4. The van der Waals surface area contributed by atoms with Crippen molar-refractivity contribution in [3.05, 3.63) is 130 Å². The van der Waals surface area contributed by atoms with Gasteiger partial charge in [-0.1, -0.05) is 66.2 Å². The van der Waals surface area contributed by atoms with Crippen LogP contribution in [0.25, 0.3) is 16.8 Å². The molecule has 0 saturated carbocycles. The largest absolute Gasteiger partial charge is 0.618 e. The number of ether oxygens (including phenoxy) is 1. The molecule has 1 aliphatic rings. The van der Waals surface area contributed by atoms with Crippen LogP contribution >= 0.6 is 11.6 Å². The quantitative estimate of drug-likeness (QED) is 0.125. The lowest BCUT2D eigenvalue weighted by atomic mass is 9.84. The van der Waals surface area contributed by atoms with E-state index >= 15 is 0 Å². The first-order valence-corrected chi connectivity index (χ1v) is 15.8. The first-order valence-electron chi connectivity index (χ1n) is 15.4. The summed E-state index contributed by atoms with van der Waals surface area (Å²) in [4.78, 5) is 13.9. The van der Waals surface area contributed by atoms with Gasteiger partial charge in [-0.3, -0.25) is 0 Å². The molecule has 1 saturated heterocycles. The van der Waals surface area contributed by atoms with Crippen LogP contribution in [0.5, 0.6) is 0 Å². The fourth-order valence-electron chi connectivity index (χ4n) is 6.22. The standard InChI is InChI=1S/C35H34ClFN6O3/c36-30-11-14-33(42-24-38-39-40-42)32(22-30)29-10-13-34(43(45)23-29)31(12-9-25-5-2-1-3-6-25)28-8-4-7-27(21-28)26-15-18-41(19-16-26)35(44)46-20-17-37/h1-8,10-11,13-14,21-24,26,31H,9,12,15-20H2/t31-/m0/s1. The van der Waals surface area contributed by atoms with Gasteiger partial charge in [-0.05, 0) is 83.0 Å². The fraction of sp³-hybridized carbons (Fsp3) is 0.286. The van der Waals surface area contributed by atoms with Gasteiger partial charge in [-0.25, -0.2) is 9.18 Å². The topological polar surface area (TPSA) is 100 Å². The Morgan fingerprint density at radius 1 is 1.04 bits per heavy atom. The second kappa shape index (κ2) is 14.5. The van der Waals surface area contributed by atoms with Crippen LogP contribution in [0, 0.1) is 5.21 Å². The lowest BCUT2D eigenvalue weighted by Crippen LogP contribution is -2.38. The molecule has 9 nitrogen and oxygen atoms in total. The minimum atomic E-state index is -0.686. The zero-order valence-corrected chi connectivity index (χ0v) is 26.0. The molecule has 2 aromatic heterocycles. The number of halogens is 2. The molecule has 1 atom stereocenters. The number of alkyl halides is 1. The lowest BCUT2D eigenvalue weighted by molar-refractivity contribution is -0.614. The molecule has 236 valence electrons. The number of rotatable bonds is 10. The van der Waals surface area contributed by atoms with Crippen LogP contribution in [0.1, 0.15) is 53.5 Å². The monoisotopic (exact) mass is 640 g/mol. The Balaban J connectivity index is 1.29. The van der Waals surface area contributed by atoms with Gasteiger partial charge in [-0.15, -0.1) is 5.10 Å². The highest BCUT2D eigenvalue weighted by Crippen LogP contribution is 2.35. The zero-order valence-electron chi connectivity index (χ0n) is 25.2. The maximum absolute atomic E-state index is 13.8. The Kier molecular flexibility index (Phi) is 9.83. The summed E-state index contributed by atoms with van der Waals surface area (Å²) in [6.45, 7) is 0.200. The summed E-state index contributed by atoms with van der Waals surface area (Å²) in [6, 6.07) is 28.0. The van der Waals surface area contributed by atoms with Crippen LogP contribution in [0.4, 0.5) is 9.18 Å². The molecule has 0 N–H and O–H groups in total. The summed E-state index contributed by atoms with van der Waals surface area (Å²) >= 11 is 6.37. The van der Waals surface area contributed by atoms with Gasteiger partial charge >= 0.3 is 6.09 Å². The van der Waals surface area contributed by atoms with Gasteiger partial charge in [0.1, 0.15) is 19.6 Å². The summed E-state index contributed by atoms with van der Waals surface area (Å²) in [7, 11) is 0. The fourth-order valence-corrected chi connectivity index (χ4v) is 6.39. The van der Waals surface area contributed by atoms with E-state index in [4.69, 9.17) is 16.3 Å². The van der Waals surface area contributed by atoms with Crippen molar-refractivity contribution < 1.29 is 18.7 Å². The third kappa shape index (κ3) is 7.18. The van der Waals surface area contributed by atoms with Crippen molar-refractivity contribution in [2.45, 2.75) is 37.5 Å². The van der Waals surface area contributed by atoms with E-state index in [1.807, 2.05) is 36.4 Å². The normalized spacial score (nSPS) is 14.3. The van der Waals surface area contributed by atoms with E-state index in [0.717, 1.165) is 41.5 Å². The highest BCUT2D eigenvalue weighted by Gasteiger charge is 2.27. The van der Waals surface area contributed by atoms with Crippen LogP contribution in [0.2, 0.25) is 5.02 Å². The molecule has 3 heterocycles. The third-order valence-electron chi connectivity index (χ3n) is 8.57. The number of benzene rings is 3. The first-order chi connectivity index (χ1) is 22.5. The van der Waals surface area contributed by atoms with Crippen LogP contribution in [-0.2, 0) is 11.2 Å². The SMILES string of the molecule is O=C(OCCF)N1CCC(c2cccc([C@H](CCc3ccccc3)c3ccc(-c4cc(Cl)ccc4-n4cnnn4)c[n+]3[O-])c2)CC1. The molecule has 0 spiro atoms. The number of likely N-dealkylation sites (tertiary alicyclic amines) is 1. The maximum Gasteiger partial charge on any atom is 0.409 e. The molecule has 1 aliphatic heterocycles. The van der Waals surface area contributed by atoms with E-state index in [-0.39, 0.29) is 18.4 Å². The van der Waals surface area contributed by atoms with Gasteiger partial charge in [0.15, 0.2) is 11.9 Å². The molecule has 0 bridgehead atoms. The van der Waals surface area contributed by atoms with Crippen molar-refractivity contribution in [3.63, 3.8) is 0 Å². The Bertz CT molecular complexity index is 1760. The van der Waals surface area contributed by atoms with Crippen molar-refractivity contribution >= 4 is 17.7 Å². The van der Waals surface area contributed by atoms with Crippen molar-refractivity contribution in [1.82, 2.24) is 25.1 Å². The van der Waals surface area contributed by atoms with Crippen molar-refractivity contribution in [1.29, 1.82) is 0 Å². The molecule has 6 rings (SSSR count). The molecule has 1 amide bonds. The average Bonchev–Trinajstić information content (AvgIpc) is 3.63. The van der Waals surface area contributed by atoms with Gasteiger partial charge < -0.3 is 14.8 Å². The number of carbonyl (C=O) groups excluding carboxylic acids is 1. The Labute approximate surface area is 271 Å². The van der Waals surface area contributed by atoms with Crippen LogP contribution in [0.3, 0.4) is 0 Å². The van der Waals surface area contributed by atoms with Crippen molar-refractivity contribution in [2.75, 3.05) is 26.4 Å². The van der Waals surface area contributed by atoms with Crippen LogP contribution in [-0.4, -0.2) is 57.6 Å². The maximum atomic E-state index is 13.8. The molecular formula is C35H34ClFN6O3. The van der Waals surface area contributed by atoms with Crippen LogP contribution in [0.15, 0.2) is 97.5 Å². The number of pyridine rings is 1. The molecule has 3 aromatic carbocycles. The number of carbonyl (C=O) groups is 1. The Hall–Kier alpha value is -4.83. The van der Waals surface area contributed by atoms with Crippen molar-refractivity contribution in [3.8, 4) is 16.8 Å². The number of aromatic nitrogens is 5. The summed E-state index contributed by atoms with van der Waals surface area (Å²) in [5, 5.41) is 25.9. The Morgan fingerprint density at radius 3 is 2.61 bits per heavy atom. The number of piperidine rings is 1. The predicted molar refractivity (Wildman–Crippen MR) is 172 cm³/mol. The van der Waals surface area contributed by atoms with Gasteiger partial charge in [0.2, 0.25) is 0 Å². The molecule has 11 heteroatoms.